The molecule has 66 valence electrons. The van der Waals surface area contributed by atoms with Gasteiger partial charge in [0.15, 0.2) is 0 Å². The van der Waals surface area contributed by atoms with Crippen LogP contribution in [-0.2, 0) is 0 Å². The first-order chi connectivity index (χ1) is 5.16. The van der Waals surface area contributed by atoms with Crippen LogP contribution in [0.2, 0.25) is 0 Å². The maximum Gasteiger partial charge on any atom is 0.503 e. The second-order valence-corrected chi connectivity index (χ2v) is 2.32. The van der Waals surface area contributed by atoms with E-state index in [0.29, 0.717) is 12.5 Å². The summed E-state index contributed by atoms with van der Waals surface area (Å²) in [5, 5.41) is 25.6. The van der Waals surface area contributed by atoms with Crippen LogP contribution in [-0.4, -0.2) is 41.2 Å². The number of carbonyl (C=O) groups is 1. The van der Waals surface area contributed by atoms with Crippen molar-refractivity contribution in [1.29, 1.82) is 0 Å². The number of aliphatic hydroxyl groups is 1. The molecule has 5 nitrogen and oxygen atoms in total. The Morgan fingerprint density at radius 3 is 2.27 bits per heavy atom. The maximum absolute atomic E-state index is 8.56. The number of hydrogen-bond donors (Lipinski definition) is 4. The van der Waals surface area contributed by atoms with Crippen LogP contribution in [0.15, 0.2) is 0 Å². The van der Waals surface area contributed by atoms with Gasteiger partial charge in [-0.05, 0) is 18.9 Å². The lowest BCUT2D eigenvalue weighted by molar-refractivity contribution is 0.137. The zero-order chi connectivity index (χ0) is 8.69. The fourth-order valence-corrected chi connectivity index (χ4v) is 0.870. The van der Waals surface area contributed by atoms with Gasteiger partial charge in [0.2, 0.25) is 0 Å². The predicted octanol–water partition coefficient (Wildman–Crippen LogP) is -0.189. The van der Waals surface area contributed by atoms with Crippen molar-refractivity contribution in [3.05, 3.63) is 0 Å². The van der Waals surface area contributed by atoms with Crippen LogP contribution in [0.1, 0.15) is 6.42 Å². The molecule has 1 aliphatic rings. The van der Waals surface area contributed by atoms with Crippen LogP contribution in [0, 0.1) is 5.92 Å². The topological polar surface area (TPSA) is 89.8 Å². The lowest BCUT2D eigenvalue weighted by Crippen LogP contribution is -2.11. The molecule has 0 saturated carbocycles. The molecule has 5 heteroatoms. The lowest BCUT2D eigenvalue weighted by Gasteiger charge is -1.98. The molecular formula is C6H13NO4. The minimum Gasteiger partial charge on any atom is -0.450 e. The average molecular weight is 163 g/mol. The van der Waals surface area contributed by atoms with Crippen molar-refractivity contribution in [3.8, 4) is 0 Å². The Kier molecular flexibility index (Phi) is 5.50. The fraction of sp³-hybridized carbons (Fsp3) is 0.833. The number of hydrogen-bond acceptors (Lipinski definition) is 3. The zero-order valence-corrected chi connectivity index (χ0v) is 6.16. The predicted molar refractivity (Wildman–Crippen MR) is 38.7 cm³/mol. The minimum absolute atomic E-state index is 0.354. The van der Waals surface area contributed by atoms with E-state index in [4.69, 9.17) is 20.1 Å². The van der Waals surface area contributed by atoms with Crippen LogP contribution in [0.4, 0.5) is 4.79 Å². The molecular weight excluding hydrogens is 150 g/mol. The fourth-order valence-electron chi connectivity index (χ4n) is 0.870. The Hall–Kier alpha value is -0.810. The summed E-state index contributed by atoms with van der Waals surface area (Å²) in [7, 11) is 0. The normalized spacial score (nSPS) is 22.1. The Labute approximate surface area is 64.7 Å². The maximum atomic E-state index is 8.56. The molecule has 0 amide bonds. The number of nitrogens with one attached hydrogen (secondary N) is 1. The molecule has 1 saturated heterocycles. The molecule has 1 rings (SSSR count). The molecule has 1 aliphatic heterocycles. The van der Waals surface area contributed by atoms with Gasteiger partial charge in [-0.3, -0.25) is 0 Å². The van der Waals surface area contributed by atoms with Crippen molar-refractivity contribution in [2.24, 2.45) is 5.92 Å². The van der Waals surface area contributed by atoms with Crippen molar-refractivity contribution in [2.75, 3.05) is 19.7 Å². The van der Waals surface area contributed by atoms with Gasteiger partial charge in [-0.2, -0.15) is 0 Å². The van der Waals surface area contributed by atoms with Gasteiger partial charge in [-0.25, -0.2) is 4.79 Å². The number of rotatable bonds is 1. The highest BCUT2D eigenvalue weighted by Gasteiger charge is 2.11. The van der Waals surface area contributed by atoms with Crippen molar-refractivity contribution >= 4 is 6.16 Å². The minimum atomic E-state index is -1.83. The third-order valence-electron chi connectivity index (χ3n) is 1.42. The second kappa shape index (κ2) is 5.94. The van der Waals surface area contributed by atoms with E-state index in [1.165, 1.54) is 0 Å². The highest BCUT2D eigenvalue weighted by atomic mass is 16.6. The van der Waals surface area contributed by atoms with E-state index in [1.807, 2.05) is 0 Å². The molecule has 0 aromatic rings. The summed E-state index contributed by atoms with van der Waals surface area (Å²) < 4.78 is 0. The molecule has 0 aromatic heterocycles. The molecule has 1 fully saturated rings. The Bertz CT molecular complexity index is 107. The lowest BCUT2D eigenvalue weighted by atomic mass is 10.1. The standard InChI is InChI=1S/C5H11NO.CH2O3/c7-4-5-1-2-6-3-5;2-1(3)4/h5-7H,1-4H2;(H2,2,3,4)/t5-;/m0./s1. The largest absolute Gasteiger partial charge is 0.503 e. The van der Waals surface area contributed by atoms with Crippen molar-refractivity contribution in [1.82, 2.24) is 5.32 Å². The quantitative estimate of drug-likeness (QED) is 0.430. The van der Waals surface area contributed by atoms with E-state index in [2.05, 4.69) is 5.32 Å². The summed E-state index contributed by atoms with van der Waals surface area (Å²) in [4.78, 5) is 8.56. The first kappa shape index (κ1) is 10.2. The molecule has 0 aliphatic carbocycles. The van der Waals surface area contributed by atoms with E-state index in [1.54, 1.807) is 0 Å². The van der Waals surface area contributed by atoms with Gasteiger partial charge in [0.05, 0.1) is 0 Å². The zero-order valence-electron chi connectivity index (χ0n) is 6.16. The van der Waals surface area contributed by atoms with Gasteiger partial charge >= 0.3 is 6.16 Å². The van der Waals surface area contributed by atoms with Crippen LogP contribution in [0.5, 0.6) is 0 Å². The Morgan fingerprint density at radius 1 is 1.55 bits per heavy atom. The number of carboxylic acid groups (broad SMARTS) is 2. The Balaban J connectivity index is 0.000000218. The van der Waals surface area contributed by atoms with E-state index >= 15 is 0 Å². The summed E-state index contributed by atoms with van der Waals surface area (Å²) in [5.74, 6) is 0.542. The summed E-state index contributed by atoms with van der Waals surface area (Å²) in [6.07, 6.45) is -0.684. The van der Waals surface area contributed by atoms with Crippen LogP contribution < -0.4 is 5.32 Å². The molecule has 1 atom stereocenters. The Morgan fingerprint density at radius 2 is 2.09 bits per heavy atom. The monoisotopic (exact) mass is 163 g/mol. The third-order valence-corrected chi connectivity index (χ3v) is 1.42. The van der Waals surface area contributed by atoms with Gasteiger partial charge < -0.3 is 20.6 Å². The average Bonchev–Trinajstić information content (AvgIpc) is 2.36. The molecule has 11 heavy (non-hydrogen) atoms. The SMILES string of the molecule is O=C(O)O.OC[C@H]1CCNC1. The van der Waals surface area contributed by atoms with E-state index in [9.17, 15) is 0 Å². The molecule has 0 radical (unpaired) electrons. The molecule has 0 spiro atoms. The molecule has 1 heterocycles. The molecule has 4 N–H and O–H groups in total. The van der Waals surface area contributed by atoms with Crippen LogP contribution >= 0.6 is 0 Å². The first-order valence-electron chi connectivity index (χ1n) is 3.40. The van der Waals surface area contributed by atoms with Gasteiger partial charge in [0.25, 0.3) is 0 Å². The number of aliphatic hydroxyl groups excluding tert-OH is 1. The highest BCUT2D eigenvalue weighted by Crippen LogP contribution is 2.03. The summed E-state index contributed by atoms with van der Waals surface area (Å²) in [6, 6.07) is 0. The highest BCUT2D eigenvalue weighted by molar-refractivity contribution is 5.53. The summed E-state index contributed by atoms with van der Waals surface area (Å²) >= 11 is 0. The van der Waals surface area contributed by atoms with E-state index in [0.717, 1.165) is 19.5 Å². The third kappa shape index (κ3) is 7.08. The van der Waals surface area contributed by atoms with Gasteiger partial charge in [0, 0.05) is 13.2 Å². The van der Waals surface area contributed by atoms with Gasteiger partial charge in [-0.15, -0.1) is 0 Å². The first-order valence-corrected chi connectivity index (χ1v) is 3.40. The summed E-state index contributed by atoms with van der Waals surface area (Å²) in [6.45, 7) is 2.45. The smallest absolute Gasteiger partial charge is 0.450 e. The van der Waals surface area contributed by atoms with Crippen LogP contribution in [0.3, 0.4) is 0 Å². The molecule has 0 bridgehead atoms. The van der Waals surface area contributed by atoms with E-state index < -0.39 is 6.16 Å². The van der Waals surface area contributed by atoms with Crippen molar-refractivity contribution in [2.45, 2.75) is 6.42 Å². The van der Waals surface area contributed by atoms with Crippen molar-refractivity contribution < 1.29 is 20.1 Å². The van der Waals surface area contributed by atoms with Crippen LogP contribution in [0.25, 0.3) is 0 Å². The molecule has 0 unspecified atom stereocenters. The van der Waals surface area contributed by atoms with Gasteiger partial charge in [-0.1, -0.05) is 0 Å². The summed E-state index contributed by atoms with van der Waals surface area (Å²) in [5.41, 5.74) is 0. The second-order valence-electron chi connectivity index (χ2n) is 2.32. The van der Waals surface area contributed by atoms with E-state index in [-0.39, 0.29) is 0 Å². The van der Waals surface area contributed by atoms with Crippen molar-refractivity contribution in [3.63, 3.8) is 0 Å². The molecule has 0 aromatic carbocycles. The van der Waals surface area contributed by atoms with Gasteiger partial charge in [0.1, 0.15) is 0 Å².